The number of sulfonamides is 1. The number of nitrogens with one attached hydrogen (secondary N) is 1. The van der Waals surface area contributed by atoms with E-state index < -0.39 is 10.0 Å². The molecular formula is C15H15N3O2S. The van der Waals surface area contributed by atoms with Crippen LogP contribution in [0.15, 0.2) is 53.4 Å². The van der Waals surface area contributed by atoms with Crippen LogP contribution < -0.4 is 9.62 Å². The second-order valence-electron chi connectivity index (χ2n) is 4.68. The Balaban J connectivity index is 2.22. The number of anilines is 2. The van der Waals surface area contributed by atoms with E-state index in [9.17, 15) is 8.42 Å². The quantitative estimate of drug-likeness (QED) is 0.941. The fourth-order valence-electron chi connectivity index (χ4n) is 1.75. The molecule has 6 heteroatoms. The van der Waals surface area contributed by atoms with Crippen LogP contribution in [-0.2, 0) is 10.0 Å². The van der Waals surface area contributed by atoms with Crippen LogP contribution in [0.25, 0.3) is 0 Å². The Labute approximate surface area is 124 Å². The van der Waals surface area contributed by atoms with Crippen molar-refractivity contribution < 1.29 is 8.42 Å². The zero-order valence-corrected chi connectivity index (χ0v) is 12.6. The second kappa shape index (κ2) is 5.85. The maximum atomic E-state index is 12.2. The van der Waals surface area contributed by atoms with Gasteiger partial charge in [-0.2, -0.15) is 5.26 Å². The van der Waals surface area contributed by atoms with Crippen molar-refractivity contribution >= 4 is 21.4 Å². The fraction of sp³-hybridized carbons (Fsp3) is 0.133. The molecule has 5 nitrogen and oxygen atoms in total. The van der Waals surface area contributed by atoms with Crippen molar-refractivity contribution in [3.05, 3.63) is 54.1 Å². The highest BCUT2D eigenvalue weighted by molar-refractivity contribution is 7.92. The lowest BCUT2D eigenvalue weighted by Crippen LogP contribution is -2.13. The molecular weight excluding hydrogens is 286 g/mol. The normalized spacial score (nSPS) is 10.7. The molecule has 0 aliphatic heterocycles. The summed E-state index contributed by atoms with van der Waals surface area (Å²) in [6.45, 7) is 0. The van der Waals surface area contributed by atoms with Crippen LogP contribution in [0, 0.1) is 11.3 Å². The van der Waals surface area contributed by atoms with Crippen molar-refractivity contribution in [2.24, 2.45) is 0 Å². The minimum atomic E-state index is -3.64. The van der Waals surface area contributed by atoms with Crippen LogP contribution in [0.1, 0.15) is 5.56 Å². The Bertz CT molecular complexity index is 758. The van der Waals surface area contributed by atoms with E-state index in [4.69, 9.17) is 5.26 Å². The largest absolute Gasteiger partial charge is 0.378 e. The summed E-state index contributed by atoms with van der Waals surface area (Å²) in [5.74, 6) is 0. The van der Waals surface area contributed by atoms with Crippen LogP contribution in [0.5, 0.6) is 0 Å². The topological polar surface area (TPSA) is 73.2 Å². The molecule has 0 unspecified atom stereocenters. The average Bonchev–Trinajstić information content (AvgIpc) is 2.47. The third kappa shape index (κ3) is 3.52. The first-order chi connectivity index (χ1) is 9.92. The Hall–Kier alpha value is -2.52. The van der Waals surface area contributed by atoms with Crippen LogP contribution in [-0.4, -0.2) is 22.5 Å². The van der Waals surface area contributed by atoms with Gasteiger partial charge >= 0.3 is 0 Å². The third-order valence-corrected chi connectivity index (χ3v) is 4.33. The first-order valence-corrected chi connectivity index (χ1v) is 7.71. The van der Waals surface area contributed by atoms with Crippen molar-refractivity contribution in [1.29, 1.82) is 5.26 Å². The van der Waals surface area contributed by atoms with Gasteiger partial charge in [-0.25, -0.2) is 8.42 Å². The molecule has 2 aromatic carbocycles. The van der Waals surface area contributed by atoms with E-state index in [1.807, 2.05) is 37.2 Å². The molecule has 0 atom stereocenters. The molecule has 0 fully saturated rings. The smallest absolute Gasteiger partial charge is 0.261 e. The van der Waals surface area contributed by atoms with E-state index >= 15 is 0 Å². The zero-order chi connectivity index (χ0) is 15.5. The summed E-state index contributed by atoms with van der Waals surface area (Å²) in [6.07, 6.45) is 0. The first kappa shape index (κ1) is 14.9. The number of hydrogen-bond donors (Lipinski definition) is 1. The average molecular weight is 301 g/mol. The maximum Gasteiger partial charge on any atom is 0.261 e. The minimum absolute atomic E-state index is 0.123. The molecule has 0 aliphatic rings. The molecule has 0 heterocycles. The lowest BCUT2D eigenvalue weighted by molar-refractivity contribution is 0.601. The molecule has 0 radical (unpaired) electrons. The molecule has 0 spiro atoms. The molecule has 1 N–H and O–H groups in total. The lowest BCUT2D eigenvalue weighted by atomic mass is 10.2. The van der Waals surface area contributed by atoms with E-state index in [0.29, 0.717) is 11.3 Å². The molecule has 0 saturated carbocycles. The van der Waals surface area contributed by atoms with Gasteiger partial charge in [0.15, 0.2) is 0 Å². The molecule has 0 aromatic heterocycles. The summed E-state index contributed by atoms with van der Waals surface area (Å²) in [6, 6.07) is 14.8. The highest BCUT2D eigenvalue weighted by Crippen LogP contribution is 2.19. The van der Waals surface area contributed by atoms with Crippen LogP contribution in [0.3, 0.4) is 0 Å². The van der Waals surface area contributed by atoms with Gasteiger partial charge in [-0.3, -0.25) is 4.72 Å². The van der Waals surface area contributed by atoms with E-state index in [0.717, 1.165) is 5.69 Å². The monoisotopic (exact) mass is 301 g/mol. The summed E-state index contributed by atoms with van der Waals surface area (Å²) in [4.78, 5) is 2.05. The van der Waals surface area contributed by atoms with Gasteiger partial charge in [0, 0.05) is 25.5 Å². The summed E-state index contributed by atoms with van der Waals surface area (Å²) in [5.41, 5.74) is 1.89. The van der Waals surface area contributed by atoms with Gasteiger partial charge in [0.05, 0.1) is 16.5 Å². The zero-order valence-electron chi connectivity index (χ0n) is 11.7. The Kier molecular flexibility index (Phi) is 4.15. The third-order valence-electron chi connectivity index (χ3n) is 2.93. The Morgan fingerprint density at radius 2 is 1.57 bits per heavy atom. The predicted octanol–water partition coefficient (Wildman–Crippen LogP) is 2.43. The Morgan fingerprint density at radius 1 is 1.00 bits per heavy atom. The number of nitrogens with zero attached hydrogens (tertiary/aromatic N) is 2. The van der Waals surface area contributed by atoms with E-state index in [1.165, 1.54) is 24.3 Å². The molecule has 2 aromatic rings. The molecule has 0 saturated heterocycles. The van der Waals surface area contributed by atoms with Gasteiger partial charge in [-0.1, -0.05) is 0 Å². The van der Waals surface area contributed by atoms with Gasteiger partial charge in [0.25, 0.3) is 10.0 Å². The highest BCUT2D eigenvalue weighted by Gasteiger charge is 2.14. The standard InChI is InChI=1S/C15H15N3O2S/c1-18(2)14-7-5-13(6-8-14)17-21(19,20)15-9-3-12(11-16)4-10-15/h3-10,17H,1-2H3. The molecule has 0 bridgehead atoms. The van der Waals surface area contributed by atoms with E-state index in [-0.39, 0.29) is 4.90 Å². The predicted molar refractivity (Wildman–Crippen MR) is 82.7 cm³/mol. The van der Waals surface area contributed by atoms with Crippen LogP contribution >= 0.6 is 0 Å². The van der Waals surface area contributed by atoms with Gasteiger partial charge in [-0.05, 0) is 48.5 Å². The van der Waals surface area contributed by atoms with Crippen molar-refractivity contribution in [3.63, 3.8) is 0 Å². The number of rotatable bonds is 4. The van der Waals surface area contributed by atoms with Gasteiger partial charge in [0.1, 0.15) is 0 Å². The van der Waals surface area contributed by atoms with E-state index in [2.05, 4.69) is 4.72 Å². The summed E-state index contributed by atoms with van der Waals surface area (Å²) < 4.78 is 26.9. The van der Waals surface area contributed by atoms with Gasteiger partial charge < -0.3 is 4.90 Å². The Morgan fingerprint density at radius 3 is 2.05 bits per heavy atom. The molecule has 108 valence electrons. The summed E-state index contributed by atoms with van der Waals surface area (Å²) in [7, 11) is 0.181. The molecule has 21 heavy (non-hydrogen) atoms. The fourth-order valence-corrected chi connectivity index (χ4v) is 2.81. The highest BCUT2D eigenvalue weighted by atomic mass is 32.2. The first-order valence-electron chi connectivity index (χ1n) is 6.23. The number of benzene rings is 2. The van der Waals surface area contributed by atoms with Crippen molar-refractivity contribution in [2.75, 3.05) is 23.7 Å². The molecule has 2 rings (SSSR count). The molecule has 0 amide bonds. The minimum Gasteiger partial charge on any atom is -0.378 e. The summed E-state index contributed by atoms with van der Waals surface area (Å²) in [5, 5.41) is 8.72. The summed E-state index contributed by atoms with van der Waals surface area (Å²) >= 11 is 0. The van der Waals surface area contributed by atoms with Crippen molar-refractivity contribution in [3.8, 4) is 6.07 Å². The SMILES string of the molecule is CN(C)c1ccc(NS(=O)(=O)c2ccc(C#N)cc2)cc1. The van der Waals surface area contributed by atoms with Gasteiger partial charge in [0.2, 0.25) is 0 Å². The number of nitriles is 1. The second-order valence-corrected chi connectivity index (χ2v) is 6.37. The van der Waals surface area contributed by atoms with Crippen LogP contribution in [0.4, 0.5) is 11.4 Å². The lowest BCUT2D eigenvalue weighted by Gasteiger charge is -2.13. The number of hydrogen-bond acceptors (Lipinski definition) is 4. The van der Waals surface area contributed by atoms with Crippen molar-refractivity contribution in [2.45, 2.75) is 4.90 Å². The molecule has 0 aliphatic carbocycles. The maximum absolute atomic E-state index is 12.2. The van der Waals surface area contributed by atoms with Crippen LogP contribution in [0.2, 0.25) is 0 Å². The van der Waals surface area contributed by atoms with E-state index in [1.54, 1.807) is 12.1 Å². The van der Waals surface area contributed by atoms with Gasteiger partial charge in [-0.15, -0.1) is 0 Å². The van der Waals surface area contributed by atoms with Crippen molar-refractivity contribution in [1.82, 2.24) is 0 Å².